The molecule has 4 nitrogen and oxygen atoms in total. The van der Waals surface area contributed by atoms with Crippen LogP contribution in [0, 0.1) is 0 Å². The zero-order valence-electron chi connectivity index (χ0n) is 11.5. The van der Waals surface area contributed by atoms with Crippen LogP contribution in [0.5, 0.6) is 11.5 Å². The van der Waals surface area contributed by atoms with Crippen molar-refractivity contribution in [3.05, 3.63) is 24.3 Å². The second-order valence-electron chi connectivity index (χ2n) is 5.26. The SMILES string of the molecule is CCOc1ccc(OC2CCCC(N)(CO)C2)cc1. The van der Waals surface area contributed by atoms with Crippen molar-refractivity contribution in [3.8, 4) is 11.5 Å². The number of aliphatic hydroxyl groups is 1. The van der Waals surface area contributed by atoms with E-state index in [0.717, 1.165) is 30.8 Å². The van der Waals surface area contributed by atoms with Crippen molar-refractivity contribution in [2.75, 3.05) is 13.2 Å². The molecule has 0 bridgehead atoms. The quantitative estimate of drug-likeness (QED) is 0.855. The molecule has 0 amide bonds. The fourth-order valence-electron chi connectivity index (χ4n) is 2.56. The van der Waals surface area contributed by atoms with Crippen LogP contribution in [0.3, 0.4) is 0 Å². The molecule has 0 saturated heterocycles. The summed E-state index contributed by atoms with van der Waals surface area (Å²) in [7, 11) is 0. The van der Waals surface area contributed by atoms with Gasteiger partial charge in [0.1, 0.15) is 17.6 Å². The van der Waals surface area contributed by atoms with Crippen LogP contribution in [0.2, 0.25) is 0 Å². The third kappa shape index (κ3) is 3.85. The largest absolute Gasteiger partial charge is 0.494 e. The summed E-state index contributed by atoms with van der Waals surface area (Å²) in [5.74, 6) is 1.68. The lowest BCUT2D eigenvalue weighted by Crippen LogP contribution is -2.50. The molecule has 1 saturated carbocycles. The number of hydrogen-bond donors (Lipinski definition) is 2. The van der Waals surface area contributed by atoms with Gasteiger partial charge >= 0.3 is 0 Å². The lowest BCUT2D eigenvalue weighted by Gasteiger charge is -2.36. The fraction of sp³-hybridized carbons (Fsp3) is 0.600. The van der Waals surface area contributed by atoms with Gasteiger partial charge in [0.2, 0.25) is 0 Å². The van der Waals surface area contributed by atoms with Crippen LogP contribution >= 0.6 is 0 Å². The number of rotatable bonds is 5. The normalized spacial score (nSPS) is 27.0. The molecule has 106 valence electrons. The molecule has 1 aromatic carbocycles. The number of nitrogens with two attached hydrogens (primary N) is 1. The van der Waals surface area contributed by atoms with Gasteiger partial charge in [0.05, 0.1) is 13.2 Å². The van der Waals surface area contributed by atoms with E-state index in [2.05, 4.69) is 0 Å². The summed E-state index contributed by atoms with van der Waals surface area (Å²) in [6.07, 6.45) is 3.65. The van der Waals surface area contributed by atoms with Crippen LogP contribution in [0.25, 0.3) is 0 Å². The summed E-state index contributed by atoms with van der Waals surface area (Å²) in [6, 6.07) is 7.64. The Kier molecular flexibility index (Phi) is 4.66. The zero-order valence-corrected chi connectivity index (χ0v) is 11.5. The molecular weight excluding hydrogens is 242 g/mol. The summed E-state index contributed by atoms with van der Waals surface area (Å²) in [5, 5.41) is 9.33. The summed E-state index contributed by atoms with van der Waals surface area (Å²) < 4.78 is 11.3. The van der Waals surface area contributed by atoms with E-state index in [9.17, 15) is 5.11 Å². The average molecular weight is 265 g/mol. The van der Waals surface area contributed by atoms with Gasteiger partial charge in [-0.1, -0.05) is 0 Å². The van der Waals surface area contributed by atoms with E-state index in [-0.39, 0.29) is 12.7 Å². The minimum absolute atomic E-state index is 0.0239. The van der Waals surface area contributed by atoms with E-state index in [1.54, 1.807) is 0 Å². The molecule has 0 heterocycles. The highest BCUT2D eigenvalue weighted by molar-refractivity contribution is 5.31. The Bertz CT molecular complexity index is 393. The first-order valence-electron chi connectivity index (χ1n) is 6.94. The van der Waals surface area contributed by atoms with E-state index < -0.39 is 5.54 Å². The van der Waals surface area contributed by atoms with Crippen molar-refractivity contribution in [1.29, 1.82) is 0 Å². The van der Waals surface area contributed by atoms with E-state index in [1.807, 2.05) is 31.2 Å². The standard InChI is InChI=1S/C15H23NO3/c1-2-18-12-5-7-13(8-6-12)19-14-4-3-9-15(16,10-14)11-17/h5-8,14,17H,2-4,9-11,16H2,1H3. The lowest BCUT2D eigenvalue weighted by molar-refractivity contribution is 0.0728. The molecule has 0 aromatic heterocycles. The summed E-state index contributed by atoms with van der Waals surface area (Å²) in [4.78, 5) is 0. The van der Waals surface area contributed by atoms with Gasteiger partial charge in [0.25, 0.3) is 0 Å². The first-order valence-corrected chi connectivity index (χ1v) is 6.94. The van der Waals surface area contributed by atoms with E-state index in [1.165, 1.54) is 0 Å². The van der Waals surface area contributed by atoms with Gasteiger partial charge in [-0.05, 0) is 50.5 Å². The highest BCUT2D eigenvalue weighted by Crippen LogP contribution is 2.29. The van der Waals surface area contributed by atoms with E-state index in [4.69, 9.17) is 15.2 Å². The smallest absolute Gasteiger partial charge is 0.119 e. The predicted octanol–water partition coefficient (Wildman–Crippen LogP) is 2.10. The molecule has 1 aliphatic carbocycles. The molecule has 1 fully saturated rings. The molecule has 19 heavy (non-hydrogen) atoms. The van der Waals surface area contributed by atoms with Gasteiger partial charge in [-0.25, -0.2) is 0 Å². The van der Waals surface area contributed by atoms with Crippen LogP contribution < -0.4 is 15.2 Å². The molecular formula is C15H23NO3. The molecule has 0 radical (unpaired) electrons. The van der Waals surface area contributed by atoms with Gasteiger partial charge in [-0.15, -0.1) is 0 Å². The second kappa shape index (κ2) is 6.26. The minimum Gasteiger partial charge on any atom is -0.494 e. The molecule has 1 aromatic rings. The van der Waals surface area contributed by atoms with Crippen molar-refractivity contribution in [2.24, 2.45) is 5.73 Å². The Balaban J connectivity index is 1.93. The predicted molar refractivity (Wildman–Crippen MR) is 74.5 cm³/mol. The number of aliphatic hydroxyl groups excluding tert-OH is 1. The molecule has 2 atom stereocenters. The Morgan fingerprint density at radius 2 is 2.00 bits per heavy atom. The number of benzene rings is 1. The molecule has 2 unspecified atom stereocenters. The summed E-state index contributed by atoms with van der Waals surface area (Å²) >= 11 is 0. The zero-order chi connectivity index (χ0) is 13.7. The van der Waals surface area contributed by atoms with Crippen molar-refractivity contribution >= 4 is 0 Å². The monoisotopic (exact) mass is 265 g/mol. The Morgan fingerprint density at radius 1 is 1.32 bits per heavy atom. The molecule has 0 aliphatic heterocycles. The van der Waals surface area contributed by atoms with Crippen LogP contribution in [-0.2, 0) is 0 Å². The second-order valence-corrected chi connectivity index (χ2v) is 5.26. The van der Waals surface area contributed by atoms with E-state index >= 15 is 0 Å². The van der Waals surface area contributed by atoms with Crippen LogP contribution in [0.15, 0.2) is 24.3 Å². The van der Waals surface area contributed by atoms with Gasteiger partial charge in [0.15, 0.2) is 0 Å². The van der Waals surface area contributed by atoms with Gasteiger partial charge in [-0.3, -0.25) is 0 Å². The van der Waals surface area contributed by atoms with Gasteiger partial charge < -0.3 is 20.3 Å². The molecule has 2 rings (SSSR count). The Morgan fingerprint density at radius 3 is 2.63 bits per heavy atom. The third-order valence-corrected chi connectivity index (χ3v) is 3.59. The first-order chi connectivity index (χ1) is 9.15. The maximum Gasteiger partial charge on any atom is 0.119 e. The number of ether oxygens (including phenoxy) is 2. The van der Waals surface area contributed by atoms with Crippen LogP contribution in [-0.4, -0.2) is 30.0 Å². The van der Waals surface area contributed by atoms with Crippen LogP contribution in [0.1, 0.15) is 32.6 Å². The molecule has 3 N–H and O–H groups in total. The highest BCUT2D eigenvalue weighted by Gasteiger charge is 2.33. The molecule has 0 spiro atoms. The molecule has 4 heteroatoms. The van der Waals surface area contributed by atoms with Crippen LogP contribution in [0.4, 0.5) is 0 Å². The Hall–Kier alpha value is -1.26. The molecule has 1 aliphatic rings. The maximum atomic E-state index is 9.33. The van der Waals surface area contributed by atoms with Gasteiger partial charge in [-0.2, -0.15) is 0 Å². The third-order valence-electron chi connectivity index (χ3n) is 3.59. The first kappa shape index (κ1) is 14.2. The van der Waals surface area contributed by atoms with Crippen molar-refractivity contribution in [3.63, 3.8) is 0 Å². The van der Waals surface area contributed by atoms with Gasteiger partial charge in [0, 0.05) is 12.0 Å². The van der Waals surface area contributed by atoms with E-state index in [0.29, 0.717) is 13.0 Å². The topological polar surface area (TPSA) is 64.7 Å². The van der Waals surface area contributed by atoms with Crippen molar-refractivity contribution in [2.45, 2.75) is 44.2 Å². The van der Waals surface area contributed by atoms with Crippen molar-refractivity contribution < 1.29 is 14.6 Å². The number of hydrogen-bond acceptors (Lipinski definition) is 4. The Labute approximate surface area is 114 Å². The van der Waals surface area contributed by atoms with Crippen molar-refractivity contribution in [1.82, 2.24) is 0 Å². The summed E-state index contributed by atoms with van der Waals surface area (Å²) in [6.45, 7) is 2.65. The fourth-order valence-corrected chi connectivity index (χ4v) is 2.56. The minimum atomic E-state index is -0.478. The average Bonchev–Trinajstić information content (AvgIpc) is 2.42. The highest BCUT2D eigenvalue weighted by atomic mass is 16.5. The lowest BCUT2D eigenvalue weighted by atomic mass is 9.81. The maximum absolute atomic E-state index is 9.33. The summed E-state index contributed by atoms with van der Waals surface area (Å²) in [5.41, 5.74) is 5.64.